The minimum atomic E-state index is -0.889. The molecular formula is C17H18N6O8. The monoisotopic (exact) mass is 434 g/mol. The third-order valence-corrected chi connectivity index (χ3v) is 3.85. The maximum absolute atomic E-state index is 11.5. The number of hydrazine groups is 1. The van der Waals surface area contributed by atoms with Gasteiger partial charge < -0.3 is 14.8 Å². The Balaban J connectivity index is 2.54. The van der Waals surface area contributed by atoms with Gasteiger partial charge in [0.1, 0.15) is 17.5 Å². The van der Waals surface area contributed by atoms with Crippen LogP contribution in [-0.4, -0.2) is 46.9 Å². The van der Waals surface area contributed by atoms with E-state index in [0.717, 1.165) is 11.1 Å². The molecule has 0 spiro atoms. The number of carbonyl (C=O) groups excluding carboxylic acids is 1. The molecule has 0 saturated heterocycles. The smallest absolute Gasteiger partial charge is 0.321 e. The Morgan fingerprint density at radius 2 is 1.55 bits per heavy atom. The number of hydrogen-bond donors (Lipinski definition) is 0. The second-order valence-corrected chi connectivity index (χ2v) is 6.24. The highest BCUT2D eigenvalue weighted by Gasteiger charge is 2.29. The molecular weight excluding hydrogens is 416 g/mol. The lowest BCUT2D eigenvalue weighted by molar-refractivity contribution is -0.695. The number of benzene rings is 2. The van der Waals surface area contributed by atoms with Crippen LogP contribution in [-0.2, 0) is 4.79 Å². The maximum atomic E-state index is 11.5. The number of carbonyl (C=O) groups is 1. The van der Waals surface area contributed by atoms with Crippen molar-refractivity contribution in [2.45, 2.75) is 6.92 Å². The molecule has 0 aliphatic rings. The predicted octanol–water partition coefficient (Wildman–Crippen LogP) is 2.93. The fourth-order valence-electron chi connectivity index (χ4n) is 2.37. The zero-order valence-corrected chi connectivity index (χ0v) is 16.9. The van der Waals surface area contributed by atoms with Crippen molar-refractivity contribution < 1.29 is 29.2 Å². The highest BCUT2D eigenvalue weighted by Crippen LogP contribution is 2.41. The van der Waals surface area contributed by atoms with Crippen molar-refractivity contribution >= 4 is 28.7 Å². The molecule has 2 rings (SSSR count). The van der Waals surface area contributed by atoms with Crippen LogP contribution in [0.3, 0.4) is 0 Å². The molecule has 0 heterocycles. The Bertz CT molecular complexity index is 1040. The first-order valence-corrected chi connectivity index (χ1v) is 8.52. The largest absolute Gasteiger partial charge is 0.569 e. The summed E-state index contributed by atoms with van der Waals surface area (Å²) in [5.41, 5.74) is -0.944. The van der Waals surface area contributed by atoms with Gasteiger partial charge in [0.15, 0.2) is 0 Å². The van der Waals surface area contributed by atoms with E-state index >= 15 is 0 Å². The summed E-state index contributed by atoms with van der Waals surface area (Å²) < 4.78 is 4.94. The number of rotatable bonds is 8. The zero-order valence-electron chi connectivity index (χ0n) is 16.9. The van der Waals surface area contributed by atoms with E-state index in [-0.39, 0.29) is 16.4 Å². The first kappa shape index (κ1) is 22.8. The summed E-state index contributed by atoms with van der Waals surface area (Å²) in [6, 6.07) is 7.75. The number of nitrogens with zero attached hydrogens (tertiary/aromatic N) is 6. The highest BCUT2D eigenvalue weighted by atomic mass is 16.7. The van der Waals surface area contributed by atoms with Gasteiger partial charge in [-0.3, -0.25) is 29.9 Å². The molecule has 0 radical (unpaired) electrons. The van der Waals surface area contributed by atoms with Gasteiger partial charge in [0.05, 0.1) is 28.9 Å². The van der Waals surface area contributed by atoms with Crippen LogP contribution in [0.5, 0.6) is 11.5 Å². The fourth-order valence-corrected chi connectivity index (χ4v) is 2.37. The topological polar surface area (TPSA) is 167 Å². The Morgan fingerprint density at radius 3 is 2.03 bits per heavy atom. The van der Waals surface area contributed by atoms with Crippen LogP contribution in [0, 0.1) is 25.4 Å². The van der Waals surface area contributed by atoms with Crippen molar-refractivity contribution in [1.82, 2.24) is 5.01 Å². The van der Waals surface area contributed by atoms with Crippen molar-refractivity contribution in [1.29, 1.82) is 0 Å². The molecule has 14 nitrogen and oxygen atoms in total. The number of nitro benzene ring substituents is 2. The van der Waals surface area contributed by atoms with Gasteiger partial charge in [0, 0.05) is 25.7 Å². The average Bonchev–Trinajstić information content (AvgIpc) is 2.70. The van der Waals surface area contributed by atoms with E-state index < -0.39 is 32.9 Å². The van der Waals surface area contributed by atoms with E-state index in [1.807, 2.05) is 0 Å². The highest BCUT2D eigenvalue weighted by molar-refractivity contribution is 5.77. The molecule has 0 aliphatic heterocycles. The molecule has 0 fully saturated rings. The molecule has 0 bridgehead atoms. The number of ether oxygens (including phenoxy) is 1. The Kier molecular flexibility index (Phi) is 6.87. The van der Waals surface area contributed by atoms with Crippen LogP contribution in [0.25, 0.3) is 0 Å². The minimum Gasteiger partial charge on any atom is -0.569 e. The lowest BCUT2D eigenvalue weighted by Crippen LogP contribution is -2.21. The number of anilines is 2. The van der Waals surface area contributed by atoms with Crippen LogP contribution in [0.4, 0.5) is 22.7 Å². The van der Waals surface area contributed by atoms with Crippen LogP contribution >= 0.6 is 0 Å². The Hall–Kier alpha value is -4.49. The molecule has 0 amide bonds. The van der Waals surface area contributed by atoms with Crippen molar-refractivity contribution in [3.8, 4) is 11.5 Å². The summed E-state index contributed by atoms with van der Waals surface area (Å²) in [4.78, 5) is 38.6. The maximum Gasteiger partial charge on any atom is 0.321 e. The Morgan fingerprint density at radius 1 is 0.968 bits per heavy atom. The molecule has 2 aromatic carbocycles. The minimum absolute atomic E-state index is 0.0300. The van der Waals surface area contributed by atoms with Gasteiger partial charge in [0.2, 0.25) is 11.0 Å². The molecule has 0 N–H and O–H groups in total. The second-order valence-electron chi connectivity index (χ2n) is 6.24. The third kappa shape index (κ3) is 5.53. The standard InChI is InChI=1S/C17H18N6O8/c1-11(24)30-13-7-5-12(6-8-13)20(4)14-10-17(31-18-23(29)19(2)3)16(22(27)28)9-15(14)21(25)26/h5-10H,1-4H3/b23-18-. The van der Waals surface area contributed by atoms with E-state index in [1.165, 1.54) is 57.2 Å². The SMILES string of the molecule is CC(=O)Oc1ccc(N(C)c2cc(O/N=[N+](\[O-])N(C)C)c([N+](=O)[O-])cc2[N+](=O)[O-])cc1. The molecule has 0 saturated carbocycles. The summed E-state index contributed by atoms with van der Waals surface area (Å²) in [6.07, 6.45) is 0. The molecule has 164 valence electrons. The molecule has 0 aliphatic carbocycles. The number of esters is 1. The van der Waals surface area contributed by atoms with Crippen LogP contribution in [0.15, 0.2) is 41.7 Å². The number of nitro groups is 2. The quantitative estimate of drug-likeness (QED) is 0.150. The Labute approximate surface area is 175 Å². The van der Waals surface area contributed by atoms with Crippen LogP contribution in [0.1, 0.15) is 6.92 Å². The predicted molar refractivity (Wildman–Crippen MR) is 106 cm³/mol. The van der Waals surface area contributed by atoms with Gasteiger partial charge >= 0.3 is 11.7 Å². The normalized spacial score (nSPS) is 10.9. The summed E-state index contributed by atoms with van der Waals surface area (Å²) >= 11 is 0. The van der Waals surface area contributed by atoms with Gasteiger partial charge in [-0.15, -0.1) is 0 Å². The van der Waals surface area contributed by atoms with Crippen molar-refractivity contribution in [3.05, 3.63) is 61.8 Å². The number of hydrogen-bond acceptors (Lipinski definition) is 10. The van der Waals surface area contributed by atoms with Crippen LogP contribution < -0.4 is 14.5 Å². The summed E-state index contributed by atoms with van der Waals surface area (Å²) in [5.74, 6) is -0.718. The zero-order chi connectivity index (χ0) is 23.3. The van der Waals surface area contributed by atoms with Crippen LogP contribution in [0.2, 0.25) is 0 Å². The van der Waals surface area contributed by atoms with E-state index in [2.05, 4.69) is 5.28 Å². The molecule has 2 aromatic rings. The molecule has 0 unspecified atom stereocenters. The van der Waals surface area contributed by atoms with Gasteiger partial charge in [-0.1, -0.05) is 0 Å². The molecule has 14 heteroatoms. The lowest BCUT2D eigenvalue weighted by atomic mass is 10.2. The molecule has 31 heavy (non-hydrogen) atoms. The van der Waals surface area contributed by atoms with Crippen molar-refractivity contribution in [2.75, 3.05) is 26.0 Å². The summed E-state index contributed by atoms with van der Waals surface area (Å²) in [6.45, 7) is 1.24. The molecule has 0 aromatic heterocycles. The second kappa shape index (κ2) is 9.34. The van der Waals surface area contributed by atoms with Crippen molar-refractivity contribution in [3.63, 3.8) is 0 Å². The first-order valence-electron chi connectivity index (χ1n) is 8.52. The van der Waals surface area contributed by atoms with Gasteiger partial charge in [0.25, 0.3) is 5.69 Å². The average molecular weight is 434 g/mol. The van der Waals surface area contributed by atoms with Gasteiger partial charge in [-0.2, -0.15) is 5.01 Å². The summed E-state index contributed by atoms with van der Waals surface area (Å²) in [5, 5.41) is 38.6. The summed E-state index contributed by atoms with van der Waals surface area (Å²) in [7, 11) is 4.21. The van der Waals surface area contributed by atoms with Gasteiger partial charge in [-0.05, 0) is 24.3 Å². The van der Waals surface area contributed by atoms with E-state index in [0.29, 0.717) is 11.8 Å². The first-order chi connectivity index (χ1) is 14.5. The molecule has 0 atom stereocenters. The van der Waals surface area contributed by atoms with E-state index in [9.17, 15) is 30.2 Å². The van der Waals surface area contributed by atoms with E-state index in [4.69, 9.17) is 9.57 Å². The fraction of sp³-hybridized carbons (Fsp3) is 0.235. The lowest BCUT2D eigenvalue weighted by Gasteiger charge is -2.20. The van der Waals surface area contributed by atoms with Crippen molar-refractivity contribution in [2.24, 2.45) is 5.28 Å². The third-order valence-electron chi connectivity index (χ3n) is 3.85. The van der Waals surface area contributed by atoms with E-state index in [1.54, 1.807) is 0 Å². The van der Waals surface area contributed by atoms with Gasteiger partial charge in [-0.25, -0.2) is 0 Å².